The first kappa shape index (κ1) is 41.5. The summed E-state index contributed by atoms with van der Waals surface area (Å²) in [5.41, 5.74) is 6.36. The minimum atomic E-state index is 0.484. The molecule has 264 valence electrons. The molecular formula is C35H65NO9. The number of rotatable bonds is 37. The Morgan fingerprint density at radius 1 is 0.356 bits per heavy atom. The predicted octanol–water partition coefficient (Wildman–Crippen LogP) is 6.09. The van der Waals surface area contributed by atoms with Crippen LogP contribution >= 0.6 is 0 Å². The zero-order valence-corrected chi connectivity index (χ0v) is 28.4. The van der Waals surface area contributed by atoms with E-state index in [1.807, 2.05) is 12.1 Å². The molecule has 0 aromatic heterocycles. The van der Waals surface area contributed by atoms with E-state index in [2.05, 4.69) is 6.92 Å². The van der Waals surface area contributed by atoms with Crippen LogP contribution in [0.1, 0.15) is 77.6 Å². The molecule has 0 bridgehead atoms. The number of nitrogen functional groups attached to an aromatic ring is 1. The van der Waals surface area contributed by atoms with Crippen LogP contribution in [0, 0.1) is 0 Å². The molecule has 0 aliphatic carbocycles. The van der Waals surface area contributed by atoms with Crippen molar-refractivity contribution < 1.29 is 42.6 Å². The van der Waals surface area contributed by atoms with Gasteiger partial charge in [-0.2, -0.15) is 0 Å². The van der Waals surface area contributed by atoms with Crippen LogP contribution < -0.4 is 10.5 Å². The highest BCUT2D eigenvalue weighted by molar-refractivity contribution is 5.41. The lowest BCUT2D eigenvalue weighted by Gasteiger charge is -2.09. The van der Waals surface area contributed by atoms with Crippen molar-refractivity contribution in [3.05, 3.63) is 24.3 Å². The SMILES string of the molecule is CCCCCCCCCCCCCOCCOCCOCCOCCOCCOCCOCCOCCOc1ccc(N)cc1. The molecule has 0 saturated heterocycles. The minimum Gasteiger partial charge on any atom is -0.491 e. The van der Waals surface area contributed by atoms with E-state index in [-0.39, 0.29) is 0 Å². The maximum Gasteiger partial charge on any atom is 0.119 e. The Bertz CT molecular complexity index is 696. The van der Waals surface area contributed by atoms with Crippen molar-refractivity contribution in [1.29, 1.82) is 0 Å². The second-order valence-corrected chi connectivity index (χ2v) is 10.9. The smallest absolute Gasteiger partial charge is 0.119 e. The van der Waals surface area contributed by atoms with Crippen molar-refractivity contribution in [3.63, 3.8) is 0 Å². The fraction of sp³-hybridized carbons (Fsp3) is 0.829. The normalized spacial score (nSPS) is 11.4. The monoisotopic (exact) mass is 643 g/mol. The summed E-state index contributed by atoms with van der Waals surface area (Å²) in [6, 6.07) is 7.29. The van der Waals surface area contributed by atoms with Crippen molar-refractivity contribution in [2.75, 3.05) is 118 Å². The quantitative estimate of drug-likeness (QED) is 0.0676. The Labute approximate surface area is 273 Å². The molecule has 0 aliphatic heterocycles. The first-order valence-corrected chi connectivity index (χ1v) is 17.4. The summed E-state index contributed by atoms with van der Waals surface area (Å²) in [7, 11) is 0. The molecule has 10 nitrogen and oxygen atoms in total. The zero-order valence-electron chi connectivity index (χ0n) is 28.4. The van der Waals surface area contributed by atoms with Gasteiger partial charge >= 0.3 is 0 Å². The topological polar surface area (TPSA) is 109 Å². The summed E-state index contributed by atoms with van der Waals surface area (Å²) >= 11 is 0. The largest absolute Gasteiger partial charge is 0.491 e. The molecule has 0 amide bonds. The van der Waals surface area contributed by atoms with Crippen LogP contribution in [0.25, 0.3) is 0 Å². The van der Waals surface area contributed by atoms with Crippen LogP contribution in [0.3, 0.4) is 0 Å². The van der Waals surface area contributed by atoms with Crippen molar-refractivity contribution >= 4 is 5.69 Å². The third-order valence-electron chi connectivity index (χ3n) is 6.87. The van der Waals surface area contributed by atoms with E-state index < -0.39 is 0 Å². The molecule has 2 N–H and O–H groups in total. The van der Waals surface area contributed by atoms with Crippen molar-refractivity contribution in [2.45, 2.75) is 77.6 Å². The van der Waals surface area contributed by atoms with Gasteiger partial charge in [-0.05, 0) is 30.7 Å². The lowest BCUT2D eigenvalue weighted by molar-refractivity contribution is -0.0236. The molecule has 0 heterocycles. The van der Waals surface area contributed by atoms with Gasteiger partial charge in [0.05, 0.1) is 99.1 Å². The summed E-state index contributed by atoms with van der Waals surface area (Å²) in [4.78, 5) is 0. The molecule has 0 unspecified atom stereocenters. The summed E-state index contributed by atoms with van der Waals surface area (Å²) in [6.45, 7) is 11.8. The Hall–Kier alpha value is -1.50. The van der Waals surface area contributed by atoms with Gasteiger partial charge in [0.1, 0.15) is 12.4 Å². The van der Waals surface area contributed by atoms with Crippen LogP contribution in [-0.4, -0.2) is 112 Å². The molecule has 1 rings (SSSR count). The van der Waals surface area contributed by atoms with E-state index in [9.17, 15) is 0 Å². The van der Waals surface area contributed by atoms with Gasteiger partial charge in [-0.15, -0.1) is 0 Å². The van der Waals surface area contributed by atoms with Crippen LogP contribution in [0.5, 0.6) is 5.75 Å². The van der Waals surface area contributed by atoms with E-state index >= 15 is 0 Å². The Morgan fingerprint density at radius 3 is 1.00 bits per heavy atom. The van der Waals surface area contributed by atoms with Gasteiger partial charge in [-0.25, -0.2) is 0 Å². The van der Waals surface area contributed by atoms with E-state index in [4.69, 9.17) is 48.4 Å². The predicted molar refractivity (Wildman–Crippen MR) is 179 cm³/mol. The Kier molecular flexibility index (Phi) is 32.6. The van der Waals surface area contributed by atoms with Crippen molar-refractivity contribution in [1.82, 2.24) is 0 Å². The number of nitrogens with two attached hydrogens (primary N) is 1. The molecule has 0 saturated carbocycles. The zero-order chi connectivity index (χ0) is 32.1. The summed E-state index contributed by atoms with van der Waals surface area (Å²) < 4.78 is 49.7. The maximum absolute atomic E-state index is 5.65. The van der Waals surface area contributed by atoms with Gasteiger partial charge in [0.25, 0.3) is 0 Å². The Balaban J connectivity index is 1.62. The third kappa shape index (κ3) is 32.2. The summed E-state index contributed by atoms with van der Waals surface area (Å²) in [5.74, 6) is 0.779. The molecule has 0 aliphatic rings. The van der Waals surface area contributed by atoms with Crippen LogP contribution in [0.2, 0.25) is 0 Å². The average molecular weight is 644 g/mol. The van der Waals surface area contributed by atoms with Gasteiger partial charge in [0, 0.05) is 12.3 Å². The van der Waals surface area contributed by atoms with Gasteiger partial charge in [0.15, 0.2) is 0 Å². The fourth-order valence-electron chi connectivity index (χ4n) is 4.29. The third-order valence-corrected chi connectivity index (χ3v) is 6.87. The molecular weight excluding hydrogens is 578 g/mol. The molecule has 0 atom stereocenters. The summed E-state index contributed by atoms with van der Waals surface area (Å²) in [5, 5.41) is 0. The Morgan fingerprint density at radius 2 is 0.644 bits per heavy atom. The van der Waals surface area contributed by atoms with E-state index in [1.54, 1.807) is 12.1 Å². The molecule has 10 heteroatoms. The highest BCUT2D eigenvalue weighted by atomic mass is 16.6. The second-order valence-electron chi connectivity index (χ2n) is 10.9. The lowest BCUT2D eigenvalue weighted by atomic mass is 10.1. The van der Waals surface area contributed by atoms with Gasteiger partial charge in [-0.3, -0.25) is 0 Å². The standard InChI is InChI=1S/C35H65NO9/c1-2-3-4-5-6-7-8-9-10-11-12-17-37-18-19-38-20-21-39-22-23-40-24-25-41-26-27-42-28-29-43-30-31-44-32-33-45-35-15-13-34(36)14-16-35/h13-16H,2-12,17-33,36H2,1H3. The summed E-state index contributed by atoms with van der Waals surface area (Å²) in [6.07, 6.45) is 14.9. The van der Waals surface area contributed by atoms with E-state index in [1.165, 1.54) is 64.2 Å². The number of hydrogen-bond acceptors (Lipinski definition) is 10. The van der Waals surface area contributed by atoms with E-state index in [0.29, 0.717) is 111 Å². The van der Waals surface area contributed by atoms with Crippen molar-refractivity contribution in [2.24, 2.45) is 0 Å². The number of hydrogen-bond donors (Lipinski definition) is 1. The molecule has 0 spiro atoms. The van der Waals surface area contributed by atoms with Crippen LogP contribution in [0.15, 0.2) is 24.3 Å². The minimum absolute atomic E-state index is 0.484. The second kappa shape index (κ2) is 35.4. The molecule has 0 fully saturated rings. The highest BCUT2D eigenvalue weighted by Gasteiger charge is 1.97. The van der Waals surface area contributed by atoms with Crippen LogP contribution in [0.4, 0.5) is 5.69 Å². The highest BCUT2D eigenvalue weighted by Crippen LogP contribution is 2.13. The molecule has 1 aromatic rings. The van der Waals surface area contributed by atoms with Gasteiger partial charge in [-0.1, -0.05) is 71.1 Å². The molecule has 45 heavy (non-hydrogen) atoms. The van der Waals surface area contributed by atoms with E-state index in [0.717, 1.165) is 18.8 Å². The molecule has 1 aromatic carbocycles. The van der Waals surface area contributed by atoms with Gasteiger partial charge < -0.3 is 48.4 Å². The average Bonchev–Trinajstić information content (AvgIpc) is 3.05. The molecule has 0 radical (unpaired) electrons. The number of unbranched alkanes of at least 4 members (excludes halogenated alkanes) is 10. The van der Waals surface area contributed by atoms with Gasteiger partial charge in [0.2, 0.25) is 0 Å². The fourth-order valence-corrected chi connectivity index (χ4v) is 4.29. The lowest BCUT2D eigenvalue weighted by Crippen LogP contribution is -2.15. The first-order valence-electron chi connectivity index (χ1n) is 17.4. The van der Waals surface area contributed by atoms with Crippen molar-refractivity contribution in [3.8, 4) is 5.75 Å². The number of anilines is 1. The number of ether oxygens (including phenoxy) is 9. The number of benzene rings is 1. The maximum atomic E-state index is 5.65. The van der Waals surface area contributed by atoms with Crippen LogP contribution in [-0.2, 0) is 37.9 Å². The first-order chi connectivity index (χ1) is 22.3.